The maximum atomic E-state index is 10.1. The summed E-state index contributed by atoms with van der Waals surface area (Å²) in [4.78, 5) is 9.34. The van der Waals surface area contributed by atoms with Crippen LogP contribution in [0.3, 0.4) is 0 Å². The Morgan fingerprint density at radius 2 is 1.84 bits per heavy atom. The summed E-state index contributed by atoms with van der Waals surface area (Å²) < 4.78 is 30.0. The summed E-state index contributed by atoms with van der Waals surface area (Å²) in [5.41, 5.74) is 0.556. The molecule has 1 aromatic heterocycles. The predicted molar refractivity (Wildman–Crippen MR) is 123 cm³/mol. The molecule has 3 aromatic carbocycles. The van der Waals surface area contributed by atoms with Crippen molar-refractivity contribution in [2.45, 2.75) is 31.4 Å². The van der Waals surface area contributed by atoms with Gasteiger partial charge in [0.25, 0.3) is 0 Å². The van der Waals surface area contributed by atoms with Gasteiger partial charge in [-0.25, -0.2) is 9.98 Å². The third kappa shape index (κ3) is 2.71. The first-order valence-corrected chi connectivity index (χ1v) is 10.5. The second-order valence-corrected chi connectivity index (χ2v) is 8.42. The molecule has 0 spiro atoms. The van der Waals surface area contributed by atoms with E-state index in [1.54, 1.807) is 37.3 Å². The summed E-state index contributed by atoms with van der Waals surface area (Å²) in [5, 5.41) is 10.9. The number of fused-ring (bicyclic) bond motifs is 4. The van der Waals surface area contributed by atoms with E-state index in [4.69, 9.17) is 17.2 Å². The van der Waals surface area contributed by atoms with E-state index in [9.17, 15) is 5.11 Å². The number of phenols is 1. The Balaban J connectivity index is 1.36. The largest absolute Gasteiger partial charge is 0.506 e. The molecule has 1 aliphatic carbocycles. The van der Waals surface area contributed by atoms with Crippen LogP contribution in [0.5, 0.6) is 17.4 Å². The first kappa shape index (κ1) is 16.8. The van der Waals surface area contributed by atoms with Gasteiger partial charge in [-0.3, -0.25) is 0 Å². The normalized spacial score (nSPS) is 25.9. The summed E-state index contributed by atoms with van der Waals surface area (Å²) in [5.74, 6) is 1.34. The lowest BCUT2D eigenvalue weighted by Crippen LogP contribution is -2.41. The number of aromatic hydroxyl groups is 1. The van der Waals surface area contributed by atoms with Gasteiger partial charge in [0.15, 0.2) is 0 Å². The van der Waals surface area contributed by atoms with E-state index >= 15 is 0 Å². The number of aliphatic imine (C=N–C) groups is 1. The third-order valence-corrected chi connectivity index (χ3v) is 6.36. The van der Waals surface area contributed by atoms with Crippen LogP contribution in [0.2, 0.25) is 0 Å². The zero-order valence-electron chi connectivity index (χ0n) is 19.7. The van der Waals surface area contributed by atoms with Crippen molar-refractivity contribution < 1.29 is 17.3 Å². The predicted octanol–water partition coefficient (Wildman–Crippen LogP) is 5.74. The molecule has 0 saturated carbocycles. The first-order valence-electron chi connectivity index (χ1n) is 11.5. The quantitative estimate of drug-likeness (QED) is 0.455. The molecule has 1 N–H and O–H groups in total. The molecule has 0 amide bonds. The summed E-state index contributed by atoms with van der Waals surface area (Å²) in [7, 11) is 0. The van der Waals surface area contributed by atoms with Crippen molar-refractivity contribution in [1.82, 2.24) is 4.98 Å². The summed E-state index contributed by atoms with van der Waals surface area (Å²) >= 11 is 0. The average molecular weight is 424 g/mol. The van der Waals surface area contributed by atoms with Crippen molar-refractivity contribution in [2.24, 2.45) is 4.99 Å². The van der Waals surface area contributed by atoms with Gasteiger partial charge < -0.3 is 14.6 Å². The van der Waals surface area contributed by atoms with E-state index in [-0.39, 0.29) is 5.75 Å². The van der Waals surface area contributed by atoms with E-state index < -0.39 is 17.5 Å². The molecule has 1 aliphatic heterocycles. The molecule has 0 fully saturated rings. The minimum absolute atomic E-state index is 0.0907. The van der Waals surface area contributed by atoms with Crippen molar-refractivity contribution in [3.8, 4) is 17.4 Å². The number of benzene rings is 3. The number of nitrogens with zero attached hydrogens (tertiary/aromatic N) is 2. The molecule has 0 radical (unpaired) electrons. The fourth-order valence-electron chi connectivity index (χ4n) is 4.47. The van der Waals surface area contributed by atoms with Gasteiger partial charge in [-0.2, -0.15) is 0 Å². The van der Waals surface area contributed by atoms with Gasteiger partial charge in [0.2, 0.25) is 11.8 Å². The van der Waals surface area contributed by atoms with Crippen LogP contribution in [0.4, 0.5) is 0 Å². The second-order valence-electron chi connectivity index (χ2n) is 8.42. The lowest BCUT2D eigenvalue weighted by Gasteiger charge is -2.31. The average Bonchev–Trinajstić information content (AvgIpc) is 3.18. The van der Waals surface area contributed by atoms with Crippen LogP contribution in [-0.4, -0.2) is 21.6 Å². The number of para-hydroxylation sites is 1. The van der Waals surface area contributed by atoms with Crippen LogP contribution in [0.15, 0.2) is 83.9 Å². The van der Waals surface area contributed by atoms with Crippen molar-refractivity contribution in [3.05, 3.63) is 95.6 Å². The van der Waals surface area contributed by atoms with Crippen LogP contribution in [0, 0.1) is 0 Å². The number of pyridine rings is 1. The highest BCUT2D eigenvalue weighted by molar-refractivity contribution is 5.97. The topological polar surface area (TPSA) is 63.9 Å². The molecule has 5 nitrogen and oxygen atoms in total. The molecule has 4 aromatic rings. The minimum Gasteiger partial charge on any atom is -0.506 e. The molecule has 2 heterocycles. The second kappa shape index (κ2) is 6.57. The van der Waals surface area contributed by atoms with E-state index in [1.165, 1.54) is 0 Å². The van der Waals surface area contributed by atoms with Crippen molar-refractivity contribution in [2.75, 3.05) is 0 Å². The summed E-state index contributed by atoms with van der Waals surface area (Å²) in [6.07, 6.45) is -1.71. The Kier molecular flexibility index (Phi) is 3.44. The van der Waals surface area contributed by atoms with Crippen LogP contribution >= 0.6 is 0 Å². The Morgan fingerprint density at radius 3 is 2.75 bits per heavy atom. The number of rotatable bonds is 3. The van der Waals surface area contributed by atoms with Gasteiger partial charge in [-0.1, -0.05) is 42.5 Å². The molecule has 158 valence electrons. The minimum atomic E-state index is -1.71. The molecular weight excluding hydrogens is 400 g/mol. The zero-order valence-corrected chi connectivity index (χ0v) is 17.7. The highest BCUT2D eigenvalue weighted by atomic mass is 16.5. The van der Waals surface area contributed by atoms with Crippen LogP contribution < -0.4 is 4.74 Å². The molecule has 0 unspecified atom stereocenters. The van der Waals surface area contributed by atoms with Gasteiger partial charge >= 0.3 is 0 Å². The first-order chi connectivity index (χ1) is 16.2. The van der Waals surface area contributed by atoms with Gasteiger partial charge in [0.1, 0.15) is 28.2 Å². The van der Waals surface area contributed by atoms with Crippen LogP contribution in [0.1, 0.15) is 33.3 Å². The zero-order chi connectivity index (χ0) is 23.7. The van der Waals surface area contributed by atoms with Crippen molar-refractivity contribution >= 4 is 16.8 Å². The Hall–Kier alpha value is -3.86. The highest BCUT2D eigenvalue weighted by Gasteiger charge is 2.58. The molecule has 32 heavy (non-hydrogen) atoms. The molecular formula is C27H22N2O3. The molecule has 0 saturated heterocycles. The smallest absolute Gasteiger partial charge is 0.219 e. The summed E-state index contributed by atoms with van der Waals surface area (Å²) in [6, 6.07) is 23.6. The fourth-order valence-corrected chi connectivity index (χ4v) is 4.47. The molecule has 2 atom stereocenters. The van der Waals surface area contributed by atoms with E-state index in [0.29, 0.717) is 34.2 Å². The van der Waals surface area contributed by atoms with Gasteiger partial charge in [0, 0.05) is 26.1 Å². The fraction of sp³-hybridized carbons (Fsp3) is 0.185. The number of hydrogen-bond acceptors (Lipinski definition) is 5. The Bertz CT molecular complexity index is 1500. The Morgan fingerprint density at radius 1 is 1.00 bits per heavy atom. The SMILES string of the molecule is [2H]C1([2H])c2ccccc2[C@]2(C)N=C(c3cccc(Oc4ccc5cccc(O)c5n4)c3)O[C@]12C. The number of phenolic OH excluding ortho intramolecular Hbond substituents is 1. The Labute approximate surface area is 188 Å². The highest BCUT2D eigenvalue weighted by Crippen LogP contribution is 2.52. The third-order valence-electron chi connectivity index (χ3n) is 6.36. The molecule has 5 heteroatoms. The van der Waals surface area contributed by atoms with E-state index in [1.807, 2.05) is 55.5 Å². The van der Waals surface area contributed by atoms with Gasteiger partial charge in [-0.15, -0.1) is 0 Å². The van der Waals surface area contributed by atoms with Crippen LogP contribution in [0.25, 0.3) is 10.9 Å². The molecule has 6 rings (SSSR count). The van der Waals surface area contributed by atoms with E-state index in [2.05, 4.69) is 4.98 Å². The maximum absolute atomic E-state index is 10.1. The maximum Gasteiger partial charge on any atom is 0.219 e. The lowest BCUT2D eigenvalue weighted by atomic mass is 9.84. The van der Waals surface area contributed by atoms with Gasteiger partial charge in [0.05, 0.1) is 0 Å². The monoisotopic (exact) mass is 424 g/mol. The van der Waals surface area contributed by atoms with Crippen molar-refractivity contribution in [1.29, 1.82) is 0 Å². The standard InChI is InChI=1S/C27H22N2O3/c1-26-16-19-7-3-4-11-21(19)27(26,2)29-25(32-26)18-9-5-10-20(15-18)31-23-14-13-17-8-6-12-22(30)24(17)28-23/h3-15,30H,16H2,1-2H3/t26-,27+/m1/s1/i16D2. The van der Waals surface area contributed by atoms with Gasteiger partial charge in [-0.05, 0) is 55.3 Å². The summed E-state index contributed by atoms with van der Waals surface area (Å²) in [6.45, 7) is 3.71. The van der Waals surface area contributed by atoms with Crippen LogP contribution in [-0.2, 0) is 16.6 Å². The van der Waals surface area contributed by atoms with E-state index in [0.717, 1.165) is 10.9 Å². The number of ether oxygens (including phenoxy) is 2. The molecule has 2 aliphatic rings. The molecule has 0 bridgehead atoms. The number of hydrogen-bond donors (Lipinski definition) is 1. The lowest BCUT2D eigenvalue weighted by molar-refractivity contribution is 0.0476. The van der Waals surface area contributed by atoms with Crippen molar-refractivity contribution in [3.63, 3.8) is 0 Å². The number of aromatic nitrogens is 1.